The molecule has 102 valence electrons. The van der Waals surface area contributed by atoms with Crippen LogP contribution >= 0.6 is 23.4 Å². The summed E-state index contributed by atoms with van der Waals surface area (Å²) in [4.78, 5) is 23.5. The molecule has 0 spiro atoms. The van der Waals surface area contributed by atoms with Gasteiger partial charge in [0.15, 0.2) is 0 Å². The van der Waals surface area contributed by atoms with Crippen LogP contribution in [0.5, 0.6) is 0 Å². The largest absolute Gasteiger partial charge is 0.343 e. The Morgan fingerprint density at radius 2 is 2.32 bits per heavy atom. The number of amides is 2. The molecule has 1 atom stereocenters. The van der Waals surface area contributed by atoms with Crippen molar-refractivity contribution in [3.8, 4) is 0 Å². The number of carbonyl (C=O) groups is 2. The van der Waals surface area contributed by atoms with Crippen molar-refractivity contribution in [2.45, 2.75) is 19.4 Å². The first-order valence-corrected chi connectivity index (χ1v) is 7.53. The minimum atomic E-state index is -0.486. The van der Waals surface area contributed by atoms with Crippen LogP contribution in [-0.2, 0) is 9.59 Å². The molecule has 2 N–H and O–H groups in total. The van der Waals surface area contributed by atoms with Crippen LogP contribution in [0.4, 0.5) is 5.69 Å². The maximum Gasteiger partial charge on any atom is 0.247 e. The highest BCUT2D eigenvalue weighted by Gasteiger charge is 2.23. The second-order valence-corrected chi connectivity index (χ2v) is 5.96. The summed E-state index contributed by atoms with van der Waals surface area (Å²) < 4.78 is 0. The second-order valence-electron chi connectivity index (χ2n) is 4.40. The van der Waals surface area contributed by atoms with Gasteiger partial charge in [0.1, 0.15) is 6.04 Å². The van der Waals surface area contributed by atoms with Crippen LogP contribution in [0.25, 0.3) is 0 Å². The van der Waals surface area contributed by atoms with Crippen molar-refractivity contribution in [1.29, 1.82) is 0 Å². The minimum Gasteiger partial charge on any atom is -0.343 e. The smallest absolute Gasteiger partial charge is 0.247 e. The number of rotatable bonds is 2. The third-order valence-corrected chi connectivity index (χ3v) is 4.32. The Morgan fingerprint density at radius 3 is 3.05 bits per heavy atom. The molecule has 0 bridgehead atoms. The lowest BCUT2D eigenvalue weighted by atomic mass is 10.2. The van der Waals surface area contributed by atoms with E-state index in [0.717, 1.165) is 11.3 Å². The van der Waals surface area contributed by atoms with E-state index in [1.807, 2.05) is 13.0 Å². The molecule has 1 aromatic carbocycles. The molecule has 0 aliphatic carbocycles. The molecule has 0 saturated carbocycles. The van der Waals surface area contributed by atoms with Crippen molar-refractivity contribution in [1.82, 2.24) is 5.32 Å². The lowest BCUT2D eigenvalue weighted by Gasteiger charge is -2.15. The quantitative estimate of drug-likeness (QED) is 0.880. The number of benzene rings is 1. The van der Waals surface area contributed by atoms with E-state index in [2.05, 4.69) is 10.6 Å². The Labute approximate surface area is 121 Å². The van der Waals surface area contributed by atoms with Gasteiger partial charge < -0.3 is 10.6 Å². The van der Waals surface area contributed by atoms with Crippen molar-refractivity contribution in [2.24, 2.45) is 0 Å². The van der Waals surface area contributed by atoms with Crippen molar-refractivity contribution in [3.63, 3.8) is 0 Å². The van der Waals surface area contributed by atoms with E-state index in [9.17, 15) is 9.59 Å². The Kier molecular flexibility index (Phi) is 4.71. The summed E-state index contributed by atoms with van der Waals surface area (Å²) in [7, 11) is 0. The third-order valence-electron chi connectivity index (χ3n) is 2.85. The Morgan fingerprint density at radius 1 is 1.53 bits per heavy atom. The van der Waals surface area contributed by atoms with E-state index >= 15 is 0 Å². The molecule has 0 aromatic heterocycles. The number of hydrogen-bond acceptors (Lipinski definition) is 3. The van der Waals surface area contributed by atoms with Crippen LogP contribution in [0, 0.1) is 6.92 Å². The number of hydrogen-bond donors (Lipinski definition) is 2. The lowest BCUT2D eigenvalue weighted by Crippen LogP contribution is -2.44. The van der Waals surface area contributed by atoms with E-state index in [1.54, 1.807) is 23.9 Å². The topological polar surface area (TPSA) is 58.2 Å². The molecule has 2 amide bonds. The number of aryl methyl sites for hydroxylation is 1. The van der Waals surface area contributed by atoms with Crippen LogP contribution in [0.1, 0.15) is 12.0 Å². The van der Waals surface area contributed by atoms with Gasteiger partial charge in [-0.1, -0.05) is 17.7 Å². The maximum atomic E-state index is 12.1. The first kappa shape index (κ1) is 14.2. The first-order valence-electron chi connectivity index (χ1n) is 6.00. The average molecular weight is 299 g/mol. The minimum absolute atomic E-state index is 0.0768. The zero-order chi connectivity index (χ0) is 13.8. The number of thioether (sulfide) groups is 1. The molecule has 1 saturated heterocycles. The number of nitrogens with one attached hydrogen (secondary N) is 2. The average Bonchev–Trinajstić information content (AvgIpc) is 2.58. The summed E-state index contributed by atoms with van der Waals surface area (Å²) in [6.45, 7) is 1.90. The molecular formula is C13H15ClN2O2S. The highest BCUT2D eigenvalue weighted by atomic mass is 35.5. The molecule has 1 fully saturated rings. The van der Waals surface area contributed by atoms with Crippen molar-refractivity contribution in [3.05, 3.63) is 28.8 Å². The van der Waals surface area contributed by atoms with Crippen LogP contribution in [-0.4, -0.2) is 29.4 Å². The van der Waals surface area contributed by atoms with E-state index in [0.29, 0.717) is 22.9 Å². The Hall–Kier alpha value is -1.20. The van der Waals surface area contributed by atoms with Crippen molar-refractivity contribution in [2.75, 3.05) is 16.8 Å². The summed E-state index contributed by atoms with van der Waals surface area (Å²) >= 11 is 7.61. The predicted octanol–water partition coefficient (Wildman–Crippen LogP) is 2.21. The van der Waals surface area contributed by atoms with Crippen LogP contribution < -0.4 is 10.6 Å². The molecule has 1 aliphatic heterocycles. The molecule has 2 rings (SSSR count). The van der Waals surface area contributed by atoms with E-state index < -0.39 is 6.04 Å². The zero-order valence-corrected chi connectivity index (χ0v) is 12.1. The van der Waals surface area contributed by atoms with Gasteiger partial charge in [-0.15, -0.1) is 0 Å². The van der Waals surface area contributed by atoms with Gasteiger partial charge in [-0.3, -0.25) is 9.59 Å². The van der Waals surface area contributed by atoms with Gasteiger partial charge >= 0.3 is 0 Å². The molecule has 6 heteroatoms. The van der Waals surface area contributed by atoms with Crippen LogP contribution in [0.2, 0.25) is 5.02 Å². The van der Waals surface area contributed by atoms with Crippen molar-refractivity contribution < 1.29 is 9.59 Å². The Bertz CT molecular complexity index is 507. The van der Waals surface area contributed by atoms with Crippen LogP contribution in [0.15, 0.2) is 18.2 Å². The summed E-state index contributed by atoms with van der Waals surface area (Å²) in [5, 5.41) is 6.11. The van der Waals surface area contributed by atoms with Gasteiger partial charge in [0.2, 0.25) is 11.8 Å². The second kappa shape index (κ2) is 6.30. The van der Waals surface area contributed by atoms with Gasteiger partial charge in [0.05, 0.1) is 0 Å². The summed E-state index contributed by atoms with van der Waals surface area (Å²) in [6, 6.07) is 4.86. The number of anilines is 1. The Balaban J connectivity index is 2.03. The highest BCUT2D eigenvalue weighted by molar-refractivity contribution is 7.99. The molecule has 1 heterocycles. The fraction of sp³-hybridized carbons (Fsp3) is 0.385. The fourth-order valence-electron chi connectivity index (χ4n) is 1.72. The van der Waals surface area contributed by atoms with Gasteiger partial charge in [-0.05, 0) is 24.6 Å². The van der Waals surface area contributed by atoms with Crippen molar-refractivity contribution >= 4 is 40.9 Å². The molecule has 0 unspecified atom stereocenters. The summed E-state index contributed by atoms with van der Waals surface area (Å²) in [5.41, 5.74) is 1.60. The zero-order valence-electron chi connectivity index (χ0n) is 10.5. The van der Waals surface area contributed by atoms with Gasteiger partial charge in [0.25, 0.3) is 0 Å². The van der Waals surface area contributed by atoms with Gasteiger partial charge in [-0.2, -0.15) is 11.8 Å². The monoisotopic (exact) mass is 298 g/mol. The molecule has 1 aliphatic rings. The number of halogens is 1. The SMILES string of the molecule is Cc1ccc(NC(=O)[C@@H]2CSCCC(=O)N2)cc1Cl. The molecule has 4 nitrogen and oxygen atoms in total. The first-order chi connectivity index (χ1) is 9.06. The summed E-state index contributed by atoms with van der Waals surface area (Å²) in [5.74, 6) is 1.07. The summed E-state index contributed by atoms with van der Waals surface area (Å²) in [6.07, 6.45) is 0.463. The van der Waals surface area contributed by atoms with Gasteiger partial charge in [0, 0.05) is 28.6 Å². The lowest BCUT2D eigenvalue weighted by molar-refractivity contribution is -0.125. The maximum absolute atomic E-state index is 12.1. The fourth-order valence-corrected chi connectivity index (χ4v) is 2.86. The van der Waals surface area contributed by atoms with Crippen LogP contribution in [0.3, 0.4) is 0 Å². The standard InChI is InChI=1S/C13H15ClN2O2S/c1-8-2-3-9(6-10(8)14)15-13(18)11-7-19-5-4-12(17)16-11/h2-3,6,11H,4-5,7H2,1H3,(H,15,18)(H,16,17)/t11-/m0/s1. The molecular weight excluding hydrogens is 284 g/mol. The molecule has 1 aromatic rings. The van der Waals surface area contributed by atoms with E-state index in [4.69, 9.17) is 11.6 Å². The van der Waals surface area contributed by atoms with E-state index in [-0.39, 0.29) is 11.8 Å². The van der Waals surface area contributed by atoms with Gasteiger partial charge in [-0.25, -0.2) is 0 Å². The highest BCUT2D eigenvalue weighted by Crippen LogP contribution is 2.20. The molecule has 19 heavy (non-hydrogen) atoms. The molecule has 0 radical (unpaired) electrons. The number of carbonyl (C=O) groups excluding carboxylic acids is 2. The third kappa shape index (κ3) is 3.88. The normalized spacial score (nSPS) is 19.5. The predicted molar refractivity (Wildman–Crippen MR) is 78.7 cm³/mol. The van der Waals surface area contributed by atoms with E-state index in [1.165, 1.54) is 0 Å².